The smallest absolute Gasteiger partial charge is 0.232 e. The molecule has 0 fully saturated rings. The van der Waals surface area contributed by atoms with Gasteiger partial charge in [-0.2, -0.15) is 0 Å². The van der Waals surface area contributed by atoms with Crippen molar-refractivity contribution < 1.29 is 13.5 Å². The zero-order valence-corrected chi connectivity index (χ0v) is 9.21. The highest BCUT2D eigenvalue weighted by Crippen LogP contribution is 2.16. The molecular weight excluding hydrogens is 214 g/mol. The molecule has 4 nitrogen and oxygen atoms in total. The van der Waals surface area contributed by atoms with Gasteiger partial charge < -0.3 is 4.74 Å². The first-order valence-electron chi connectivity index (χ1n) is 4.30. The van der Waals surface area contributed by atoms with Crippen LogP contribution in [0.15, 0.2) is 30.8 Å². The summed E-state index contributed by atoms with van der Waals surface area (Å²) >= 11 is -2.00. The van der Waals surface area contributed by atoms with E-state index in [0.717, 1.165) is 16.9 Å². The van der Waals surface area contributed by atoms with E-state index in [4.69, 9.17) is 9.29 Å². The van der Waals surface area contributed by atoms with E-state index in [-0.39, 0.29) is 6.54 Å². The first-order chi connectivity index (χ1) is 7.13. The van der Waals surface area contributed by atoms with Gasteiger partial charge in [-0.15, -0.1) is 0 Å². The van der Waals surface area contributed by atoms with Gasteiger partial charge in [-0.1, -0.05) is 18.7 Å². The monoisotopic (exact) mass is 227 g/mol. The van der Waals surface area contributed by atoms with Crippen molar-refractivity contribution in [1.29, 1.82) is 0 Å². The minimum atomic E-state index is -2.00. The number of hydrogen-bond acceptors (Lipinski definition) is 2. The van der Waals surface area contributed by atoms with Crippen molar-refractivity contribution in [3.05, 3.63) is 36.4 Å². The first-order valence-corrected chi connectivity index (χ1v) is 5.40. The zero-order chi connectivity index (χ0) is 11.3. The Labute approximate surface area is 91.4 Å². The summed E-state index contributed by atoms with van der Waals surface area (Å²) in [6.45, 7) is 4.08. The molecule has 0 saturated heterocycles. The highest BCUT2D eigenvalue weighted by atomic mass is 32.2. The third-order valence-corrected chi connectivity index (χ3v) is 2.30. The lowest BCUT2D eigenvalue weighted by atomic mass is 10.1. The maximum Gasteiger partial charge on any atom is 0.232 e. The SMILES string of the molecule is C=C(CNS(=O)O)c1ccc(OC)cc1. The molecule has 82 valence electrons. The van der Waals surface area contributed by atoms with Crippen molar-refractivity contribution in [3.8, 4) is 5.75 Å². The Hall–Kier alpha value is -1.17. The van der Waals surface area contributed by atoms with Crippen LogP contribution in [-0.2, 0) is 11.3 Å². The molecule has 1 atom stereocenters. The van der Waals surface area contributed by atoms with Crippen molar-refractivity contribution in [2.24, 2.45) is 0 Å². The highest BCUT2D eigenvalue weighted by Gasteiger charge is 2.00. The van der Waals surface area contributed by atoms with E-state index in [0.29, 0.717) is 0 Å². The molecule has 0 radical (unpaired) electrons. The molecule has 1 unspecified atom stereocenters. The number of benzene rings is 1. The number of ether oxygens (including phenoxy) is 1. The Morgan fingerprint density at radius 1 is 1.53 bits per heavy atom. The third-order valence-electron chi connectivity index (χ3n) is 1.91. The Morgan fingerprint density at radius 2 is 2.13 bits per heavy atom. The Morgan fingerprint density at radius 3 is 2.60 bits per heavy atom. The van der Waals surface area contributed by atoms with E-state index >= 15 is 0 Å². The largest absolute Gasteiger partial charge is 0.497 e. The summed E-state index contributed by atoms with van der Waals surface area (Å²) in [4.78, 5) is 0. The molecule has 0 spiro atoms. The molecule has 0 heterocycles. The van der Waals surface area contributed by atoms with Gasteiger partial charge in [-0.05, 0) is 23.3 Å². The van der Waals surface area contributed by atoms with Crippen LogP contribution in [0.4, 0.5) is 0 Å². The van der Waals surface area contributed by atoms with E-state index in [1.54, 1.807) is 7.11 Å². The fraction of sp³-hybridized carbons (Fsp3) is 0.200. The molecule has 0 aliphatic heterocycles. The quantitative estimate of drug-likeness (QED) is 0.748. The van der Waals surface area contributed by atoms with E-state index in [9.17, 15) is 4.21 Å². The molecule has 0 aliphatic rings. The molecule has 0 aliphatic carbocycles. The maximum absolute atomic E-state index is 10.4. The molecule has 0 amide bonds. The molecular formula is C10H13NO3S. The summed E-state index contributed by atoms with van der Waals surface area (Å²) in [5.41, 5.74) is 1.66. The van der Waals surface area contributed by atoms with Crippen LogP contribution >= 0.6 is 0 Å². The van der Waals surface area contributed by atoms with Crippen molar-refractivity contribution in [1.82, 2.24) is 4.72 Å². The van der Waals surface area contributed by atoms with Crippen LogP contribution in [0, 0.1) is 0 Å². The predicted octanol–water partition coefficient (Wildman–Crippen LogP) is 1.43. The Kier molecular flexibility index (Phi) is 4.48. The lowest BCUT2D eigenvalue weighted by Gasteiger charge is -2.06. The third kappa shape index (κ3) is 3.83. The standard InChI is InChI=1S/C10H13NO3S/c1-8(7-11-15(12)13)9-3-5-10(14-2)6-4-9/h3-6,11H,1,7H2,2H3,(H,12,13). The number of rotatable bonds is 5. The Bertz CT molecular complexity index is 361. The second-order valence-corrected chi connectivity index (χ2v) is 3.69. The van der Waals surface area contributed by atoms with Gasteiger partial charge in [0.05, 0.1) is 7.11 Å². The van der Waals surface area contributed by atoms with Crippen LogP contribution in [0.3, 0.4) is 0 Å². The van der Waals surface area contributed by atoms with Crippen molar-refractivity contribution in [3.63, 3.8) is 0 Å². The molecule has 1 aromatic rings. The van der Waals surface area contributed by atoms with Crippen LogP contribution in [0.1, 0.15) is 5.56 Å². The van der Waals surface area contributed by atoms with Crippen molar-refractivity contribution in [2.75, 3.05) is 13.7 Å². The minimum Gasteiger partial charge on any atom is -0.497 e. The molecule has 1 rings (SSSR count). The fourth-order valence-corrected chi connectivity index (χ4v) is 1.38. The molecule has 0 bridgehead atoms. The summed E-state index contributed by atoms with van der Waals surface area (Å²) in [5, 5.41) is 0. The molecule has 0 aromatic heterocycles. The van der Waals surface area contributed by atoms with Gasteiger partial charge in [0, 0.05) is 6.54 Å². The van der Waals surface area contributed by atoms with Crippen LogP contribution in [0.25, 0.3) is 5.57 Å². The average molecular weight is 227 g/mol. The number of nitrogens with one attached hydrogen (secondary N) is 1. The van der Waals surface area contributed by atoms with Gasteiger partial charge in [-0.25, -0.2) is 8.93 Å². The molecule has 2 N–H and O–H groups in total. The van der Waals surface area contributed by atoms with Gasteiger partial charge in [0.1, 0.15) is 5.75 Å². The first kappa shape index (κ1) is 11.9. The lowest BCUT2D eigenvalue weighted by Crippen LogP contribution is -2.18. The lowest BCUT2D eigenvalue weighted by molar-refractivity contribution is 0.415. The van der Waals surface area contributed by atoms with E-state index in [2.05, 4.69) is 11.3 Å². The zero-order valence-electron chi connectivity index (χ0n) is 8.40. The van der Waals surface area contributed by atoms with E-state index < -0.39 is 11.3 Å². The summed E-state index contributed by atoms with van der Waals surface area (Å²) < 4.78 is 26.3. The Balaban J connectivity index is 2.62. The van der Waals surface area contributed by atoms with E-state index in [1.807, 2.05) is 24.3 Å². The number of hydrogen-bond donors (Lipinski definition) is 2. The summed E-state index contributed by atoms with van der Waals surface area (Å²) in [7, 11) is 1.60. The normalized spacial score (nSPS) is 12.1. The summed E-state index contributed by atoms with van der Waals surface area (Å²) in [6, 6.07) is 7.33. The molecule has 5 heteroatoms. The van der Waals surface area contributed by atoms with Crippen LogP contribution in [0.5, 0.6) is 5.75 Å². The molecule has 0 saturated carbocycles. The highest BCUT2D eigenvalue weighted by molar-refractivity contribution is 7.77. The van der Waals surface area contributed by atoms with Crippen LogP contribution in [0.2, 0.25) is 0 Å². The molecule has 15 heavy (non-hydrogen) atoms. The van der Waals surface area contributed by atoms with Gasteiger partial charge in [0.2, 0.25) is 11.3 Å². The average Bonchev–Trinajstić information content (AvgIpc) is 2.26. The predicted molar refractivity (Wildman–Crippen MR) is 60.8 cm³/mol. The minimum absolute atomic E-state index is 0.273. The molecule has 1 aromatic carbocycles. The van der Waals surface area contributed by atoms with Crippen molar-refractivity contribution >= 4 is 16.8 Å². The summed E-state index contributed by atoms with van der Waals surface area (Å²) in [5.74, 6) is 0.769. The van der Waals surface area contributed by atoms with Crippen molar-refractivity contribution in [2.45, 2.75) is 0 Å². The van der Waals surface area contributed by atoms with Crippen LogP contribution < -0.4 is 9.46 Å². The second kappa shape index (κ2) is 5.65. The number of methoxy groups -OCH3 is 1. The maximum atomic E-state index is 10.4. The van der Waals surface area contributed by atoms with Gasteiger partial charge in [0.25, 0.3) is 0 Å². The fourth-order valence-electron chi connectivity index (χ4n) is 1.08. The topological polar surface area (TPSA) is 58.6 Å². The second-order valence-electron chi connectivity index (χ2n) is 2.90. The van der Waals surface area contributed by atoms with Gasteiger partial charge in [0.15, 0.2) is 0 Å². The van der Waals surface area contributed by atoms with Gasteiger partial charge >= 0.3 is 0 Å². The van der Waals surface area contributed by atoms with Crippen LogP contribution in [-0.4, -0.2) is 22.4 Å². The van der Waals surface area contributed by atoms with Gasteiger partial charge in [-0.3, -0.25) is 4.55 Å². The summed E-state index contributed by atoms with van der Waals surface area (Å²) in [6.07, 6.45) is 0. The van der Waals surface area contributed by atoms with E-state index in [1.165, 1.54) is 0 Å².